The number of hydrogen-bond acceptors (Lipinski definition) is 6. The van der Waals surface area contributed by atoms with Gasteiger partial charge in [-0.2, -0.15) is 0 Å². The SMILES string of the molecule is COc1ccc(NC(=O)c2cnoc2C)cc1S(N)(=O)=O. The Balaban J connectivity index is 2.34. The van der Waals surface area contributed by atoms with Crippen LogP contribution >= 0.6 is 0 Å². The Hall–Kier alpha value is -2.39. The van der Waals surface area contributed by atoms with Gasteiger partial charge in [0, 0.05) is 5.69 Å². The number of benzene rings is 1. The molecule has 9 heteroatoms. The number of nitrogens with two attached hydrogens (primary N) is 1. The highest BCUT2D eigenvalue weighted by Crippen LogP contribution is 2.26. The number of rotatable bonds is 4. The van der Waals surface area contributed by atoms with E-state index >= 15 is 0 Å². The molecule has 0 saturated carbocycles. The Morgan fingerprint density at radius 2 is 2.14 bits per heavy atom. The van der Waals surface area contributed by atoms with Gasteiger partial charge in [-0.3, -0.25) is 4.79 Å². The molecule has 3 N–H and O–H groups in total. The number of ether oxygens (including phenoxy) is 1. The van der Waals surface area contributed by atoms with Crippen molar-refractivity contribution in [2.75, 3.05) is 12.4 Å². The van der Waals surface area contributed by atoms with E-state index in [2.05, 4.69) is 10.5 Å². The van der Waals surface area contributed by atoms with Gasteiger partial charge in [0.15, 0.2) is 0 Å². The number of primary sulfonamides is 1. The van der Waals surface area contributed by atoms with Gasteiger partial charge in [0.1, 0.15) is 22.0 Å². The van der Waals surface area contributed by atoms with Crippen molar-refractivity contribution in [3.63, 3.8) is 0 Å². The highest BCUT2D eigenvalue weighted by molar-refractivity contribution is 7.89. The average molecular weight is 311 g/mol. The fourth-order valence-corrected chi connectivity index (χ4v) is 2.41. The van der Waals surface area contributed by atoms with Crippen LogP contribution in [0.5, 0.6) is 5.75 Å². The Morgan fingerprint density at radius 1 is 1.43 bits per heavy atom. The first-order chi connectivity index (χ1) is 9.82. The van der Waals surface area contributed by atoms with Gasteiger partial charge in [-0.25, -0.2) is 13.6 Å². The molecular weight excluding hydrogens is 298 g/mol. The number of hydrogen-bond donors (Lipinski definition) is 2. The number of sulfonamides is 1. The monoisotopic (exact) mass is 311 g/mol. The van der Waals surface area contributed by atoms with E-state index < -0.39 is 15.9 Å². The van der Waals surface area contributed by atoms with Crippen molar-refractivity contribution >= 4 is 21.6 Å². The lowest BCUT2D eigenvalue weighted by Gasteiger charge is -2.09. The van der Waals surface area contributed by atoms with Crippen molar-refractivity contribution in [3.8, 4) is 5.75 Å². The molecule has 0 fully saturated rings. The van der Waals surface area contributed by atoms with E-state index in [-0.39, 0.29) is 21.9 Å². The first-order valence-electron chi connectivity index (χ1n) is 5.76. The topological polar surface area (TPSA) is 125 Å². The van der Waals surface area contributed by atoms with E-state index in [4.69, 9.17) is 14.4 Å². The van der Waals surface area contributed by atoms with Gasteiger partial charge in [0.2, 0.25) is 10.0 Å². The van der Waals surface area contributed by atoms with Gasteiger partial charge >= 0.3 is 0 Å². The summed E-state index contributed by atoms with van der Waals surface area (Å²) in [4.78, 5) is 11.8. The number of aromatic nitrogens is 1. The summed E-state index contributed by atoms with van der Waals surface area (Å²) in [5, 5.41) is 11.1. The molecule has 0 unspecified atom stereocenters. The van der Waals surface area contributed by atoms with Gasteiger partial charge < -0.3 is 14.6 Å². The third kappa shape index (κ3) is 3.20. The second-order valence-corrected chi connectivity index (χ2v) is 5.69. The predicted molar refractivity (Wildman–Crippen MR) is 73.6 cm³/mol. The van der Waals surface area contributed by atoms with Crippen LogP contribution in [0.15, 0.2) is 33.8 Å². The summed E-state index contributed by atoms with van der Waals surface area (Å²) < 4.78 is 32.7. The molecule has 8 nitrogen and oxygen atoms in total. The lowest BCUT2D eigenvalue weighted by Crippen LogP contribution is -2.16. The largest absolute Gasteiger partial charge is 0.495 e. The second-order valence-electron chi connectivity index (χ2n) is 4.16. The van der Waals surface area contributed by atoms with Gasteiger partial charge in [-0.05, 0) is 25.1 Å². The molecule has 21 heavy (non-hydrogen) atoms. The molecule has 0 spiro atoms. The molecular formula is C12H13N3O5S. The van der Waals surface area contributed by atoms with Gasteiger partial charge in [0.25, 0.3) is 5.91 Å². The summed E-state index contributed by atoms with van der Waals surface area (Å²) in [6.45, 7) is 1.59. The van der Waals surface area contributed by atoms with E-state index in [1.54, 1.807) is 6.92 Å². The molecule has 0 saturated heterocycles. The maximum Gasteiger partial charge on any atom is 0.260 e. The molecule has 2 rings (SSSR count). The van der Waals surface area contributed by atoms with E-state index in [9.17, 15) is 13.2 Å². The first-order valence-corrected chi connectivity index (χ1v) is 7.31. The highest BCUT2D eigenvalue weighted by Gasteiger charge is 2.18. The highest BCUT2D eigenvalue weighted by atomic mass is 32.2. The van der Waals surface area contributed by atoms with E-state index in [0.29, 0.717) is 5.76 Å². The van der Waals surface area contributed by atoms with Gasteiger partial charge in [-0.1, -0.05) is 5.16 Å². The van der Waals surface area contributed by atoms with Gasteiger partial charge in [-0.15, -0.1) is 0 Å². The third-order valence-corrected chi connectivity index (χ3v) is 3.66. The minimum Gasteiger partial charge on any atom is -0.495 e. The average Bonchev–Trinajstić information content (AvgIpc) is 2.84. The summed E-state index contributed by atoms with van der Waals surface area (Å²) in [6.07, 6.45) is 1.27. The number of anilines is 1. The molecule has 0 aliphatic heterocycles. The molecule has 2 aromatic rings. The Morgan fingerprint density at radius 3 is 2.67 bits per heavy atom. The molecule has 0 aliphatic carbocycles. The second kappa shape index (κ2) is 5.54. The molecule has 0 aliphatic rings. The normalized spacial score (nSPS) is 11.2. The Kier molecular flexibility index (Phi) is 3.96. The minimum atomic E-state index is -3.97. The van der Waals surface area contributed by atoms with Crippen molar-refractivity contribution in [2.24, 2.45) is 5.14 Å². The zero-order valence-corrected chi connectivity index (χ0v) is 12.1. The summed E-state index contributed by atoms with van der Waals surface area (Å²) >= 11 is 0. The summed E-state index contributed by atoms with van der Waals surface area (Å²) in [5.41, 5.74) is 0.508. The fraction of sp³-hybridized carbons (Fsp3) is 0.167. The maximum absolute atomic E-state index is 12.0. The van der Waals surface area contributed by atoms with Crippen molar-refractivity contribution in [1.29, 1.82) is 0 Å². The number of carbonyl (C=O) groups is 1. The maximum atomic E-state index is 12.0. The smallest absolute Gasteiger partial charge is 0.260 e. The van der Waals surface area contributed by atoms with Crippen LogP contribution in [0.25, 0.3) is 0 Å². The van der Waals surface area contributed by atoms with Crippen LogP contribution in [-0.4, -0.2) is 26.6 Å². The number of nitrogens with zero attached hydrogens (tertiary/aromatic N) is 1. The lowest BCUT2D eigenvalue weighted by atomic mass is 10.2. The van der Waals surface area contributed by atoms with Gasteiger partial charge in [0.05, 0.1) is 13.3 Å². The number of carbonyl (C=O) groups excluding carboxylic acids is 1. The zero-order chi connectivity index (χ0) is 15.6. The Labute approximate surface area is 120 Å². The van der Waals surface area contributed by atoms with Crippen LogP contribution in [0.1, 0.15) is 16.1 Å². The van der Waals surface area contributed by atoms with Crippen molar-refractivity contribution in [3.05, 3.63) is 35.7 Å². The molecule has 1 aromatic heterocycles. The van der Waals surface area contributed by atoms with Crippen molar-refractivity contribution < 1.29 is 22.5 Å². The predicted octanol–water partition coefficient (Wildman–Crippen LogP) is 0.891. The van der Waals surface area contributed by atoms with Crippen LogP contribution < -0.4 is 15.2 Å². The van der Waals surface area contributed by atoms with E-state index in [0.717, 1.165) is 0 Å². The molecule has 0 bridgehead atoms. The lowest BCUT2D eigenvalue weighted by molar-refractivity contribution is 0.102. The molecule has 1 heterocycles. The molecule has 1 amide bonds. The number of aryl methyl sites for hydroxylation is 1. The van der Waals surface area contributed by atoms with Crippen LogP contribution in [0.3, 0.4) is 0 Å². The molecule has 1 aromatic carbocycles. The number of methoxy groups -OCH3 is 1. The molecule has 0 atom stereocenters. The minimum absolute atomic E-state index is 0.0941. The standard InChI is InChI=1S/C12H13N3O5S/c1-7-9(6-14-20-7)12(16)15-8-3-4-10(19-2)11(5-8)21(13,17)18/h3-6H,1-2H3,(H,15,16)(H2,13,17,18). The van der Waals surface area contributed by atoms with E-state index in [1.807, 2.05) is 0 Å². The third-order valence-electron chi connectivity index (χ3n) is 2.72. The van der Waals surface area contributed by atoms with Crippen LogP contribution in [0, 0.1) is 6.92 Å². The Bertz CT molecular complexity index is 782. The van der Waals surface area contributed by atoms with Crippen LogP contribution in [-0.2, 0) is 10.0 Å². The zero-order valence-electron chi connectivity index (χ0n) is 11.3. The van der Waals surface area contributed by atoms with Crippen LogP contribution in [0.2, 0.25) is 0 Å². The summed E-state index contributed by atoms with van der Waals surface area (Å²) in [7, 11) is -2.65. The number of nitrogens with one attached hydrogen (secondary N) is 1. The number of amides is 1. The van der Waals surface area contributed by atoms with Crippen molar-refractivity contribution in [1.82, 2.24) is 5.16 Å². The van der Waals surface area contributed by atoms with Crippen LogP contribution in [0.4, 0.5) is 5.69 Å². The quantitative estimate of drug-likeness (QED) is 0.864. The molecule has 112 valence electrons. The first kappa shape index (κ1) is 15.0. The molecule has 0 radical (unpaired) electrons. The van der Waals surface area contributed by atoms with E-state index in [1.165, 1.54) is 31.5 Å². The summed E-state index contributed by atoms with van der Waals surface area (Å²) in [6, 6.07) is 4.11. The summed E-state index contributed by atoms with van der Waals surface area (Å²) in [5.74, 6) is -0.0244. The fourth-order valence-electron chi connectivity index (χ4n) is 1.69. The van der Waals surface area contributed by atoms with Crippen molar-refractivity contribution in [2.45, 2.75) is 11.8 Å².